The number of rotatable bonds is 3. The van der Waals surface area contributed by atoms with Crippen LogP contribution in [0.15, 0.2) is 18.2 Å². The van der Waals surface area contributed by atoms with Crippen molar-refractivity contribution in [1.29, 1.82) is 0 Å². The summed E-state index contributed by atoms with van der Waals surface area (Å²) in [5.74, 6) is 0.0973. The predicted octanol–water partition coefficient (Wildman–Crippen LogP) is 1.59. The van der Waals surface area contributed by atoms with Crippen LogP contribution in [0.2, 0.25) is 0 Å². The maximum Gasteiger partial charge on any atom is 0.224 e. The van der Waals surface area contributed by atoms with Crippen LogP contribution in [-0.2, 0) is 16.0 Å². The minimum Gasteiger partial charge on any atom is -0.365 e. The number of fused-ring (bicyclic) bond motifs is 1. The molecule has 1 aromatic carbocycles. The van der Waals surface area contributed by atoms with E-state index in [-0.39, 0.29) is 5.91 Å². The van der Waals surface area contributed by atoms with Gasteiger partial charge in [-0.05, 0) is 30.2 Å². The van der Waals surface area contributed by atoms with Crippen molar-refractivity contribution in [3.05, 3.63) is 23.8 Å². The first-order chi connectivity index (χ1) is 7.29. The molecule has 15 heavy (non-hydrogen) atoms. The number of aryl methyl sites for hydroxylation is 1. The number of amides is 1. The number of ether oxygens (including phenoxy) is 1. The van der Waals surface area contributed by atoms with Gasteiger partial charge >= 0.3 is 0 Å². The largest absolute Gasteiger partial charge is 0.365 e. The van der Waals surface area contributed by atoms with E-state index in [4.69, 9.17) is 4.74 Å². The van der Waals surface area contributed by atoms with Crippen molar-refractivity contribution in [1.82, 2.24) is 0 Å². The Labute approximate surface area is 88.6 Å². The minimum atomic E-state index is 0.0973. The molecule has 4 nitrogen and oxygen atoms in total. The molecule has 0 spiro atoms. The topological polar surface area (TPSA) is 50.4 Å². The van der Waals surface area contributed by atoms with Gasteiger partial charge in [0, 0.05) is 24.9 Å². The van der Waals surface area contributed by atoms with Crippen molar-refractivity contribution in [2.75, 3.05) is 24.5 Å². The van der Waals surface area contributed by atoms with Gasteiger partial charge in [0.2, 0.25) is 5.91 Å². The highest BCUT2D eigenvalue weighted by Crippen LogP contribution is 2.25. The van der Waals surface area contributed by atoms with Crippen molar-refractivity contribution in [3.8, 4) is 0 Å². The van der Waals surface area contributed by atoms with Crippen molar-refractivity contribution in [3.63, 3.8) is 0 Å². The fraction of sp³-hybridized carbons (Fsp3) is 0.364. The molecule has 4 heteroatoms. The summed E-state index contributed by atoms with van der Waals surface area (Å²) < 4.78 is 4.93. The molecule has 0 bridgehead atoms. The number of hydrogen-bond donors (Lipinski definition) is 2. The summed E-state index contributed by atoms with van der Waals surface area (Å²) in [5.41, 5.74) is 3.12. The van der Waals surface area contributed by atoms with Gasteiger partial charge in [0.1, 0.15) is 6.73 Å². The molecule has 1 heterocycles. The Morgan fingerprint density at radius 2 is 2.33 bits per heavy atom. The lowest BCUT2D eigenvalue weighted by Gasteiger charge is -2.17. The second-order valence-corrected chi connectivity index (χ2v) is 3.53. The summed E-state index contributed by atoms with van der Waals surface area (Å²) in [5, 5.41) is 5.97. The highest BCUT2D eigenvalue weighted by molar-refractivity contribution is 5.94. The molecule has 0 atom stereocenters. The molecule has 2 rings (SSSR count). The molecule has 2 N–H and O–H groups in total. The van der Waals surface area contributed by atoms with Gasteiger partial charge < -0.3 is 15.4 Å². The van der Waals surface area contributed by atoms with E-state index in [2.05, 4.69) is 10.6 Å². The maximum atomic E-state index is 11.1. The first kappa shape index (κ1) is 9.98. The molecule has 80 valence electrons. The van der Waals surface area contributed by atoms with Gasteiger partial charge in [-0.3, -0.25) is 4.79 Å². The Morgan fingerprint density at radius 3 is 3.13 bits per heavy atom. The normalized spacial score (nSPS) is 14.3. The number of nitrogens with one attached hydrogen (secondary N) is 2. The maximum absolute atomic E-state index is 11.1. The van der Waals surface area contributed by atoms with E-state index in [1.54, 1.807) is 7.11 Å². The zero-order chi connectivity index (χ0) is 10.7. The number of anilines is 2. The highest BCUT2D eigenvalue weighted by atomic mass is 16.5. The second-order valence-electron chi connectivity index (χ2n) is 3.53. The molecule has 0 aromatic heterocycles. The first-order valence-electron chi connectivity index (χ1n) is 4.95. The van der Waals surface area contributed by atoms with E-state index in [1.165, 1.54) is 5.56 Å². The lowest BCUT2D eigenvalue weighted by atomic mass is 10.0. The second kappa shape index (κ2) is 4.31. The molecular weight excluding hydrogens is 192 g/mol. The average Bonchev–Trinajstić information content (AvgIpc) is 2.26. The van der Waals surface area contributed by atoms with Crippen LogP contribution in [0.25, 0.3) is 0 Å². The lowest BCUT2D eigenvalue weighted by molar-refractivity contribution is -0.116. The predicted molar refractivity (Wildman–Crippen MR) is 58.9 cm³/mol. The summed E-state index contributed by atoms with van der Waals surface area (Å²) in [6.45, 7) is 0.491. The number of carbonyl (C=O) groups is 1. The van der Waals surface area contributed by atoms with E-state index in [9.17, 15) is 4.79 Å². The zero-order valence-electron chi connectivity index (χ0n) is 8.67. The Morgan fingerprint density at radius 1 is 1.47 bits per heavy atom. The van der Waals surface area contributed by atoms with Gasteiger partial charge in [0.05, 0.1) is 0 Å². The molecule has 1 aliphatic heterocycles. The zero-order valence-corrected chi connectivity index (χ0v) is 8.67. The fourth-order valence-electron chi connectivity index (χ4n) is 1.65. The van der Waals surface area contributed by atoms with Crippen LogP contribution in [0.5, 0.6) is 0 Å². The van der Waals surface area contributed by atoms with Crippen LogP contribution in [0.4, 0.5) is 11.4 Å². The number of methoxy groups -OCH3 is 1. The van der Waals surface area contributed by atoms with Crippen LogP contribution in [0.1, 0.15) is 12.0 Å². The monoisotopic (exact) mass is 206 g/mol. The lowest BCUT2D eigenvalue weighted by Crippen LogP contribution is -2.19. The summed E-state index contributed by atoms with van der Waals surface area (Å²) in [7, 11) is 1.64. The van der Waals surface area contributed by atoms with Crippen molar-refractivity contribution >= 4 is 17.3 Å². The van der Waals surface area contributed by atoms with Crippen molar-refractivity contribution < 1.29 is 9.53 Å². The molecule has 1 aromatic rings. The molecule has 0 unspecified atom stereocenters. The van der Waals surface area contributed by atoms with Crippen molar-refractivity contribution in [2.24, 2.45) is 0 Å². The van der Waals surface area contributed by atoms with Crippen LogP contribution in [0.3, 0.4) is 0 Å². The van der Waals surface area contributed by atoms with Crippen LogP contribution in [-0.4, -0.2) is 19.7 Å². The smallest absolute Gasteiger partial charge is 0.224 e. The SMILES string of the molecule is COCNc1ccc2c(c1)CCC(=O)N2. The van der Waals surface area contributed by atoms with E-state index in [0.29, 0.717) is 13.2 Å². The summed E-state index contributed by atoms with van der Waals surface area (Å²) in [6, 6.07) is 5.90. The first-order valence-corrected chi connectivity index (χ1v) is 4.95. The number of carbonyl (C=O) groups excluding carboxylic acids is 1. The van der Waals surface area contributed by atoms with Crippen molar-refractivity contribution in [2.45, 2.75) is 12.8 Å². The summed E-state index contributed by atoms with van der Waals surface area (Å²) >= 11 is 0. The Balaban J connectivity index is 2.15. The third kappa shape index (κ3) is 2.27. The molecule has 0 saturated carbocycles. The van der Waals surface area contributed by atoms with Gasteiger partial charge in [0.25, 0.3) is 0 Å². The third-order valence-corrected chi connectivity index (χ3v) is 2.42. The van der Waals surface area contributed by atoms with Gasteiger partial charge in [-0.15, -0.1) is 0 Å². The minimum absolute atomic E-state index is 0.0973. The van der Waals surface area contributed by atoms with Crippen LogP contribution < -0.4 is 10.6 Å². The third-order valence-electron chi connectivity index (χ3n) is 2.42. The Kier molecular flexibility index (Phi) is 2.87. The standard InChI is InChI=1S/C11H14N2O2/c1-15-7-12-9-3-4-10-8(6-9)2-5-11(14)13-10/h3-4,6,12H,2,5,7H2,1H3,(H,13,14). The summed E-state index contributed by atoms with van der Waals surface area (Å²) in [4.78, 5) is 11.1. The number of benzene rings is 1. The molecule has 0 fully saturated rings. The molecule has 1 aliphatic rings. The molecule has 0 aliphatic carbocycles. The molecule has 0 radical (unpaired) electrons. The van der Waals surface area contributed by atoms with E-state index in [1.807, 2.05) is 18.2 Å². The highest BCUT2D eigenvalue weighted by Gasteiger charge is 2.14. The van der Waals surface area contributed by atoms with E-state index >= 15 is 0 Å². The van der Waals surface area contributed by atoms with Gasteiger partial charge in [0.15, 0.2) is 0 Å². The van der Waals surface area contributed by atoms with Crippen LogP contribution in [0, 0.1) is 0 Å². The van der Waals surface area contributed by atoms with Gasteiger partial charge in [-0.1, -0.05) is 0 Å². The van der Waals surface area contributed by atoms with Gasteiger partial charge in [-0.2, -0.15) is 0 Å². The van der Waals surface area contributed by atoms with E-state index < -0.39 is 0 Å². The molecule has 1 amide bonds. The average molecular weight is 206 g/mol. The van der Waals surface area contributed by atoms with Gasteiger partial charge in [-0.25, -0.2) is 0 Å². The molecular formula is C11H14N2O2. The van der Waals surface area contributed by atoms with E-state index in [0.717, 1.165) is 17.8 Å². The fourth-order valence-corrected chi connectivity index (χ4v) is 1.65. The Bertz CT molecular complexity index is 377. The van der Waals surface area contributed by atoms with Crippen LogP contribution >= 0.6 is 0 Å². The molecule has 0 saturated heterocycles. The quantitative estimate of drug-likeness (QED) is 0.738. The number of hydrogen-bond acceptors (Lipinski definition) is 3. The Hall–Kier alpha value is -1.55. The summed E-state index contributed by atoms with van der Waals surface area (Å²) in [6.07, 6.45) is 1.38.